The number of hydrogen-bond acceptors (Lipinski definition) is 4. The number of methoxy groups -OCH3 is 1. The molecule has 3 amide bonds. The van der Waals surface area contributed by atoms with E-state index in [0.717, 1.165) is 12.1 Å². The van der Waals surface area contributed by atoms with Crippen molar-refractivity contribution in [3.05, 3.63) is 53.6 Å². The molecule has 10 heteroatoms. The van der Waals surface area contributed by atoms with Crippen molar-refractivity contribution in [2.45, 2.75) is 24.7 Å². The second kappa shape index (κ2) is 8.27. The van der Waals surface area contributed by atoms with Gasteiger partial charge in [0.05, 0.1) is 16.8 Å². The Morgan fingerprint density at radius 2 is 1.94 bits per heavy atom. The number of hydrogen-bond donors (Lipinski definition) is 2. The zero-order chi connectivity index (χ0) is 23.0. The van der Waals surface area contributed by atoms with Gasteiger partial charge in [-0.2, -0.15) is 13.2 Å². The third-order valence-electron chi connectivity index (χ3n) is 5.54. The molecule has 2 heterocycles. The first-order valence-corrected chi connectivity index (χ1v) is 9.89. The molecule has 4 rings (SSSR count). The summed E-state index contributed by atoms with van der Waals surface area (Å²) in [5.41, 5.74) is 0.400. The number of ether oxygens (including phenoxy) is 1. The molecule has 0 aromatic heterocycles. The fourth-order valence-corrected chi connectivity index (χ4v) is 4.07. The molecule has 1 saturated heterocycles. The maximum Gasteiger partial charge on any atom is 0.416 e. The smallest absolute Gasteiger partial charge is 0.375 e. The van der Waals surface area contributed by atoms with Crippen molar-refractivity contribution in [1.29, 1.82) is 0 Å². The van der Waals surface area contributed by atoms with Gasteiger partial charge in [0.25, 0.3) is 5.91 Å². The number of benzene rings is 2. The summed E-state index contributed by atoms with van der Waals surface area (Å²) in [7, 11) is 1.39. The third-order valence-corrected chi connectivity index (χ3v) is 5.54. The average Bonchev–Trinajstić information content (AvgIpc) is 3.13. The molecule has 0 radical (unpaired) electrons. The van der Waals surface area contributed by atoms with Crippen LogP contribution in [0.15, 0.2) is 42.5 Å². The topological polar surface area (TPSA) is 87.7 Å². The van der Waals surface area contributed by atoms with E-state index >= 15 is 0 Å². The second-order valence-electron chi connectivity index (χ2n) is 7.73. The average molecular weight is 447 g/mol. The SMILES string of the molecule is COCC(=O)N[C@H]1C[C@H]2C(=O)Nc3ccc(-c4cccc(C(F)(F)F)c4)cc3C(=O)N2C1. The van der Waals surface area contributed by atoms with Crippen LogP contribution in [0.2, 0.25) is 0 Å². The quantitative estimate of drug-likeness (QED) is 0.755. The van der Waals surface area contributed by atoms with Gasteiger partial charge >= 0.3 is 6.18 Å². The number of carbonyl (C=O) groups excluding carboxylic acids is 3. The lowest BCUT2D eigenvalue weighted by Crippen LogP contribution is -2.41. The molecule has 2 atom stereocenters. The van der Waals surface area contributed by atoms with Gasteiger partial charge in [-0.1, -0.05) is 18.2 Å². The molecule has 7 nitrogen and oxygen atoms in total. The largest absolute Gasteiger partial charge is 0.416 e. The van der Waals surface area contributed by atoms with E-state index in [-0.39, 0.29) is 37.0 Å². The summed E-state index contributed by atoms with van der Waals surface area (Å²) in [5.74, 6) is -1.16. The molecule has 0 unspecified atom stereocenters. The lowest BCUT2D eigenvalue weighted by molar-refractivity contribution is -0.137. The lowest BCUT2D eigenvalue weighted by Gasteiger charge is -2.20. The highest BCUT2D eigenvalue weighted by molar-refractivity contribution is 6.10. The molecule has 168 valence electrons. The minimum absolute atomic E-state index is 0.134. The molecule has 0 bridgehead atoms. The van der Waals surface area contributed by atoms with Crippen molar-refractivity contribution in [1.82, 2.24) is 10.2 Å². The van der Waals surface area contributed by atoms with Gasteiger partial charge in [0.1, 0.15) is 12.6 Å². The predicted molar refractivity (Wildman–Crippen MR) is 109 cm³/mol. The van der Waals surface area contributed by atoms with E-state index in [2.05, 4.69) is 10.6 Å². The minimum Gasteiger partial charge on any atom is -0.375 e. The van der Waals surface area contributed by atoms with Gasteiger partial charge in [0, 0.05) is 19.7 Å². The Labute approximate surface area is 181 Å². The number of fused-ring (bicyclic) bond motifs is 2. The van der Waals surface area contributed by atoms with Gasteiger partial charge in [-0.25, -0.2) is 0 Å². The van der Waals surface area contributed by atoms with E-state index in [9.17, 15) is 27.6 Å². The fourth-order valence-electron chi connectivity index (χ4n) is 4.07. The van der Waals surface area contributed by atoms with Crippen molar-refractivity contribution < 1.29 is 32.3 Å². The van der Waals surface area contributed by atoms with Crippen LogP contribution >= 0.6 is 0 Å². The Morgan fingerprint density at radius 1 is 1.19 bits per heavy atom. The van der Waals surface area contributed by atoms with E-state index in [1.165, 1.54) is 36.3 Å². The molecule has 0 spiro atoms. The number of nitrogens with zero attached hydrogens (tertiary/aromatic N) is 1. The summed E-state index contributed by atoms with van der Waals surface area (Å²) in [5, 5.41) is 5.45. The molecule has 2 N–H and O–H groups in total. The van der Waals surface area contributed by atoms with E-state index in [0.29, 0.717) is 16.8 Å². The maximum absolute atomic E-state index is 13.2. The van der Waals surface area contributed by atoms with E-state index < -0.39 is 29.7 Å². The van der Waals surface area contributed by atoms with Crippen molar-refractivity contribution in [2.24, 2.45) is 0 Å². The third kappa shape index (κ3) is 4.18. The number of amides is 3. The Kier molecular flexibility index (Phi) is 5.64. The Morgan fingerprint density at radius 3 is 2.66 bits per heavy atom. The highest BCUT2D eigenvalue weighted by Crippen LogP contribution is 2.35. The molecule has 2 aliphatic rings. The van der Waals surface area contributed by atoms with Gasteiger partial charge in [0.15, 0.2) is 0 Å². The van der Waals surface area contributed by atoms with E-state index in [4.69, 9.17) is 4.74 Å². The minimum atomic E-state index is -4.49. The van der Waals surface area contributed by atoms with Gasteiger partial charge in [-0.15, -0.1) is 0 Å². The van der Waals surface area contributed by atoms with Crippen LogP contribution in [-0.2, 0) is 20.5 Å². The molecule has 0 aliphatic carbocycles. The number of carbonyl (C=O) groups is 3. The number of alkyl halides is 3. The van der Waals surface area contributed by atoms with Gasteiger partial charge in [-0.05, 0) is 41.8 Å². The second-order valence-corrected chi connectivity index (χ2v) is 7.73. The van der Waals surface area contributed by atoms with Crippen LogP contribution in [0.3, 0.4) is 0 Å². The maximum atomic E-state index is 13.2. The number of rotatable bonds is 4. The van der Waals surface area contributed by atoms with Crippen LogP contribution < -0.4 is 10.6 Å². The van der Waals surface area contributed by atoms with Gasteiger partial charge < -0.3 is 20.3 Å². The lowest BCUT2D eigenvalue weighted by atomic mass is 9.99. The summed E-state index contributed by atoms with van der Waals surface area (Å²) in [6.07, 6.45) is -4.24. The monoisotopic (exact) mass is 447 g/mol. The molecular weight excluding hydrogens is 427 g/mol. The Balaban J connectivity index is 1.64. The van der Waals surface area contributed by atoms with Crippen LogP contribution in [0.4, 0.5) is 18.9 Å². The summed E-state index contributed by atoms with van der Waals surface area (Å²) in [6, 6.07) is 8.20. The molecular formula is C22H20F3N3O4. The first-order valence-electron chi connectivity index (χ1n) is 9.89. The zero-order valence-corrected chi connectivity index (χ0v) is 17.0. The molecule has 32 heavy (non-hydrogen) atoms. The summed E-state index contributed by atoms with van der Waals surface area (Å²) in [6.45, 7) is 0.00406. The van der Waals surface area contributed by atoms with Gasteiger partial charge in [0.2, 0.25) is 11.8 Å². The van der Waals surface area contributed by atoms with Crippen molar-refractivity contribution in [3.8, 4) is 11.1 Å². The highest BCUT2D eigenvalue weighted by atomic mass is 19.4. The highest BCUT2D eigenvalue weighted by Gasteiger charge is 2.43. The van der Waals surface area contributed by atoms with Crippen molar-refractivity contribution in [2.75, 3.05) is 25.6 Å². The molecule has 2 aliphatic heterocycles. The van der Waals surface area contributed by atoms with Crippen LogP contribution in [0.25, 0.3) is 11.1 Å². The van der Waals surface area contributed by atoms with E-state index in [1.54, 1.807) is 6.07 Å². The van der Waals surface area contributed by atoms with Crippen molar-refractivity contribution in [3.63, 3.8) is 0 Å². The molecule has 2 aromatic rings. The van der Waals surface area contributed by atoms with E-state index in [1.807, 2.05) is 0 Å². The zero-order valence-electron chi connectivity index (χ0n) is 17.0. The molecule has 1 fully saturated rings. The fraction of sp³-hybridized carbons (Fsp3) is 0.318. The number of halogens is 3. The normalized spacial score (nSPS) is 20.3. The van der Waals surface area contributed by atoms with Crippen LogP contribution in [0, 0.1) is 0 Å². The molecule has 0 saturated carbocycles. The first-order chi connectivity index (χ1) is 15.2. The van der Waals surface area contributed by atoms with Crippen molar-refractivity contribution >= 4 is 23.4 Å². The van der Waals surface area contributed by atoms with Crippen LogP contribution in [0.1, 0.15) is 22.3 Å². The summed E-state index contributed by atoms with van der Waals surface area (Å²) < 4.78 is 44.1. The summed E-state index contributed by atoms with van der Waals surface area (Å²) >= 11 is 0. The first kappa shape index (κ1) is 21.8. The predicted octanol–water partition coefficient (Wildman–Crippen LogP) is 2.67. The Bertz CT molecular complexity index is 1090. The number of nitrogens with one attached hydrogen (secondary N) is 2. The summed E-state index contributed by atoms with van der Waals surface area (Å²) in [4.78, 5) is 39.1. The molecule has 2 aromatic carbocycles. The standard InChI is InChI=1S/C22H20F3N3O4/c1-32-11-19(29)26-15-9-18-20(30)27-17-6-5-13(8-16(17)21(31)28(18)10-15)12-3-2-4-14(7-12)22(23,24)25/h2-8,15,18H,9-11H2,1H3,(H,26,29)(H,27,30)/t15-,18-/m0/s1. The Hall–Kier alpha value is -3.40. The van der Waals surface area contributed by atoms with Gasteiger partial charge in [-0.3, -0.25) is 14.4 Å². The van der Waals surface area contributed by atoms with Crippen LogP contribution in [0.5, 0.6) is 0 Å². The number of anilines is 1. The van der Waals surface area contributed by atoms with Crippen LogP contribution in [-0.4, -0.2) is 55.0 Å².